The molecule has 0 spiro atoms. The van der Waals surface area contributed by atoms with Crippen molar-refractivity contribution in [2.75, 3.05) is 53.6 Å². The van der Waals surface area contributed by atoms with Crippen molar-refractivity contribution in [2.24, 2.45) is 11.3 Å². The maximum Gasteiger partial charge on any atom is 0.236 e. The number of rotatable bonds is 8. The molecule has 1 saturated heterocycles. The van der Waals surface area contributed by atoms with Crippen LogP contribution in [0.5, 0.6) is 0 Å². The van der Waals surface area contributed by atoms with E-state index in [2.05, 4.69) is 0 Å². The number of aliphatic hydroxyl groups excluding tert-OH is 1. The Morgan fingerprint density at radius 3 is 2.86 bits per heavy atom. The monoisotopic (exact) mass is 298 g/mol. The molecule has 1 heterocycles. The van der Waals surface area contributed by atoms with Gasteiger partial charge in [0.25, 0.3) is 0 Å². The number of nitrogens with zero attached hydrogens (tertiary/aromatic N) is 2. The minimum Gasteiger partial charge on any atom is -0.396 e. The third-order valence-electron chi connectivity index (χ3n) is 4.85. The maximum atomic E-state index is 12.4. The highest BCUT2D eigenvalue weighted by Crippen LogP contribution is 2.44. The fourth-order valence-corrected chi connectivity index (χ4v) is 3.37. The van der Waals surface area contributed by atoms with Gasteiger partial charge >= 0.3 is 0 Å². The highest BCUT2D eigenvalue weighted by Gasteiger charge is 2.40. The van der Waals surface area contributed by atoms with E-state index < -0.39 is 0 Å². The van der Waals surface area contributed by atoms with Gasteiger partial charge < -0.3 is 14.7 Å². The van der Waals surface area contributed by atoms with Gasteiger partial charge in [-0.05, 0) is 32.2 Å². The van der Waals surface area contributed by atoms with Gasteiger partial charge in [-0.25, -0.2) is 0 Å². The Bertz CT molecular complexity index is 346. The summed E-state index contributed by atoms with van der Waals surface area (Å²) >= 11 is 0. The van der Waals surface area contributed by atoms with Crippen LogP contribution < -0.4 is 0 Å². The number of amides is 1. The van der Waals surface area contributed by atoms with E-state index in [4.69, 9.17) is 4.74 Å². The van der Waals surface area contributed by atoms with Gasteiger partial charge in [-0.1, -0.05) is 12.8 Å². The molecule has 1 aliphatic carbocycles. The van der Waals surface area contributed by atoms with Gasteiger partial charge in [0.15, 0.2) is 0 Å². The first kappa shape index (κ1) is 16.7. The van der Waals surface area contributed by atoms with Crippen LogP contribution in [-0.4, -0.2) is 74.4 Å². The van der Waals surface area contributed by atoms with Crippen LogP contribution in [0.2, 0.25) is 0 Å². The molecule has 1 unspecified atom stereocenters. The average molecular weight is 298 g/mol. The number of piperidine rings is 1. The number of hydrogen-bond acceptors (Lipinski definition) is 4. The topological polar surface area (TPSA) is 53.0 Å². The predicted octanol–water partition coefficient (Wildman–Crippen LogP) is 0.966. The molecule has 0 bridgehead atoms. The summed E-state index contributed by atoms with van der Waals surface area (Å²) in [4.78, 5) is 16.4. The Morgan fingerprint density at radius 1 is 1.48 bits per heavy atom. The smallest absolute Gasteiger partial charge is 0.236 e. The lowest BCUT2D eigenvalue weighted by atomic mass is 9.76. The molecule has 1 amide bonds. The van der Waals surface area contributed by atoms with Crippen molar-refractivity contribution >= 4 is 5.91 Å². The molecule has 1 aliphatic heterocycles. The molecule has 5 nitrogen and oxygen atoms in total. The summed E-state index contributed by atoms with van der Waals surface area (Å²) in [6.45, 7) is 3.64. The van der Waals surface area contributed by atoms with E-state index in [0.29, 0.717) is 13.2 Å². The Balaban J connectivity index is 1.85. The van der Waals surface area contributed by atoms with Crippen LogP contribution in [0.25, 0.3) is 0 Å². The Morgan fingerprint density at radius 2 is 2.24 bits per heavy atom. The molecular formula is C16H30N2O3. The number of hydrogen-bond donors (Lipinski definition) is 1. The lowest BCUT2D eigenvalue weighted by molar-refractivity contribution is -0.136. The first-order valence-corrected chi connectivity index (χ1v) is 8.15. The summed E-state index contributed by atoms with van der Waals surface area (Å²) < 4.78 is 5.04. The zero-order chi connectivity index (χ0) is 15.3. The Hall–Kier alpha value is -0.650. The second kappa shape index (κ2) is 7.56. The van der Waals surface area contributed by atoms with E-state index in [0.717, 1.165) is 44.8 Å². The van der Waals surface area contributed by atoms with Crippen LogP contribution >= 0.6 is 0 Å². The van der Waals surface area contributed by atoms with E-state index in [1.807, 2.05) is 16.8 Å². The second-order valence-electron chi connectivity index (χ2n) is 6.96. The fourth-order valence-electron chi connectivity index (χ4n) is 3.37. The molecule has 2 fully saturated rings. The lowest BCUT2D eigenvalue weighted by Gasteiger charge is -2.42. The van der Waals surface area contributed by atoms with Crippen LogP contribution in [0.15, 0.2) is 0 Å². The number of carbonyl (C=O) groups excluding carboxylic acids is 1. The van der Waals surface area contributed by atoms with Gasteiger partial charge in [-0.15, -0.1) is 0 Å². The molecule has 1 N–H and O–H groups in total. The van der Waals surface area contributed by atoms with Crippen molar-refractivity contribution in [3.05, 3.63) is 0 Å². The number of ether oxygens (including phenoxy) is 1. The summed E-state index contributed by atoms with van der Waals surface area (Å²) in [6.07, 6.45) is 5.77. The third-order valence-corrected chi connectivity index (χ3v) is 4.85. The summed E-state index contributed by atoms with van der Waals surface area (Å²) in [5, 5.41) is 9.85. The van der Waals surface area contributed by atoms with Crippen LogP contribution in [0, 0.1) is 11.3 Å². The largest absolute Gasteiger partial charge is 0.396 e. The van der Waals surface area contributed by atoms with E-state index in [1.165, 1.54) is 12.8 Å². The molecule has 2 aliphatic rings. The minimum absolute atomic E-state index is 0.0415. The van der Waals surface area contributed by atoms with Crippen molar-refractivity contribution < 1.29 is 14.6 Å². The molecular weight excluding hydrogens is 268 g/mol. The van der Waals surface area contributed by atoms with E-state index in [9.17, 15) is 9.90 Å². The number of likely N-dealkylation sites (N-methyl/N-ethyl adjacent to an activating group) is 1. The SMILES string of the molecule is COCCN(C)CC(=O)N1CCCC(CO)(CC2CC2)C1. The van der Waals surface area contributed by atoms with E-state index >= 15 is 0 Å². The van der Waals surface area contributed by atoms with Crippen LogP contribution in [-0.2, 0) is 9.53 Å². The number of carbonyl (C=O) groups is 1. The predicted molar refractivity (Wildman–Crippen MR) is 82.0 cm³/mol. The number of aliphatic hydroxyl groups is 1. The minimum atomic E-state index is -0.0415. The second-order valence-corrected chi connectivity index (χ2v) is 6.96. The van der Waals surface area contributed by atoms with Gasteiger partial charge in [-0.2, -0.15) is 0 Å². The van der Waals surface area contributed by atoms with Gasteiger partial charge in [0.1, 0.15) is 0 Å². The zero-order valence-electron chi connectivity index (χ0n) is 13.5. The van der Waals surface area contributed by atoms with Gasteiger partial charge in [0.2, 0.25) is 5.91 Å². The maximum absolute atomic E-state index is 12.4. The molecule has 1 atom stereocenters. The molecule has 1 saturated carbocycles. The molecule has 2 rings (SSSR count). The van der Waals surface area contributed by atoms with E-state index in [-0.39, 0.29) is 17.9 Å². The highest BCUT2D eigenvalue weighted by molar-refractivity contribution is 5.78. The van der Waals surface area contributed by atoms with Crippen molar-refractivity contribution in [3.8, 4) is 0 Å². The summed E-state index contributed by atoms with van der Waals surface area (Å²) in [5.41, 5.74) is -0.0415. The summed E-state index contributed by atoms with van der Waals surface area (Å²) in [5.74, 6) is 0.971. The fraction of sp³-hybridized carbons (Fsp3) is 0.938. The molecule has 5 heteroatoms. The van der Waals surface area contributed by atoms with Crippen molar-refractivity contribution in [2.45, 2.75) is 32.1 Å². The first-order chi connectivity index (χ1) is 10.1. The van der Waals surface area contributed by atoms with Gasteiger partial charge in [0.05, 0.1) is 19.8 Å². The normalized spacial score (nSPS) is 26.4. The standard InChI is InChI=1S/C16H30N2O3/c1-17(8-9-21-2)11-15(20)18-7-3-6-16(12-18,13-19)10-14-4-5-14/h14,19H,3-13H2,1-2H3. The summed E-state index contributed by atoms with van der Waals surface area (Å²) in [7, 11) is 3.62. The molecule has 0 aromatic carbocycles. The number of likely N-dealkylation sites (tertiary alicyclic amines) is 1. The third kappa shape index (κ3) is 4.94. The van der Waals surface area contributed by atoms with Crippen molar-refractivity contribution in [1.82, 2.24) is 9.80 Å². The molecule has 122 valence electrons. The number of methoxy groups -OCH3 is 1. The van der Waals surface area contributed by atoms with Crippen LogP contribution in [0.3, 0.4) is 0 Å². The lowest BCUT2D eigenvalue weighted by Crippen LogP contribution is -2.50. The molecule has 0 radical (unpaired) electrons. The van der Waals surface area contributed by atoms with Crippen molar-refractivity contribution in [1.29, 1.82) is 0 Å². The molecule has 0 aromatic rings. The van der Waals surface area contributed by atoms with Gasteiger partial charge in [-0.3, -0.25) is 9.69 Å². The molecule has 21 heavy (non-hydrogen) atoms. The van der Waals surface area contributed by atoms with Crippen LogP contribution in [0.1, 0.15) is 32.1 Å². The highest BCUT2D eigenvalue weighted by atomic mass is 16.5. The summed E-state index contributed by atoms with van der Waals surface area (Å²) in [6, 6.07) is 0. The van der Waals surface area contributed by atoms with Crippen LogP contribution in [0.4, 0.5) is 0 Å². The average Bonchev–Trinajstić information content (AvgIpc) is 3.29. The van der Waals surface area contributed by atoms with Gasteiger partial charge in [0, 0.05) is 32.2 Å². The quantitative estimate of drug-likeness (QED) is 0.725. The molecule has 0 aromatic heterocycles. The van der Waals surface area contributed by atoms with E-state index in [1.54, 1.807) is 7.11 Å². The first-order valence-electron chi connectivity index (χ1n) is 8.15. The Labute approximate surface area is 128 Å². The van der Waals surface area contributed by atoms with Crippen molar-refractivity contribution in [3.63, 3.8) is 0 Å². The Kier molecular flexibility index (Phi) is 6.02. The zero-order valence-corrected chi connectivity index (χ0v) is 13.5.